The van der Waals surface area contributed by atoms with E-state index in [4.69, 9.17) is 51.2 Å². The molecule has 6 aromatic rings. The van der Waals surface area contributed by atoms with Crippen molar-refractivity contribution in [3.05, 3.63) is 117 Å². The average molecular weight is 1230 g/mol. The fourth-order valence-corrected chi connectivity index (χ4v) is 11.0. The molecule has 31 heteroatoms. The van der Waals surface area contributed by atoms with Gasteiger partial charge in [0.1, 0.15) is 36.4 Å². The highest BCUT2D eigenvalue weighted by molar-refractivity contribution is 7.82. The number of hydrogen-bond donors (Lipinski definition) is 5. The number of rotatable bonds is 24. The summed E-state index contributed by atoms with van der Waals surface area (Å²) in [6.07, 6.45) is -6.42. The molecule has 5 N–H and O–H groups in total. The summed E-state index contributed by atoms with van der Waals surface area (Å²) in [4.78, 5) is 83.3. The van der Waals surface area contributed by atoms with Crippen molar-refractivity contribution < 1.29 is 104 Å². The van der Waals surface area contributed by atoms with Crippen LogP contribution in [0.3, 0.4) is 0 Å². The minimum atomic E-state index is -5.21. The summed E-state index contributed by atoms with van der Waals surface area (Å²) in [5.41, 5.74) is 0.750. The summed E-state index contributed by atoms with van der Waals surface area (Å²) in [7, 11) is -3.76. The molecule has 3 amide bonds. The second kappa shape index (κ2) is 24.5. The summed E-state index contributed by atoms with van der Waals surface area (Å²) in [6.45, 7) is 2.56. The van der Waals surface area contributed by atoms with Gasteiger partial charge in [-0.2, -0.15) is 0 Å². The van der Waals surface area contributed by atoms with Gasteiger partial charge in [0.2, 0.25) is 13.1 Å². The van der Waals surface area contributed by atoms with Crippen molar-refractivity contribution in [2.45, 2.75) is 76.0 Å². The predicted molar refractivity (Wildman–Crippen MR) is 292 cm³/mol. The smallest absolute Gasteiger partial charge is 0.479 e. The highest BCUT2D eigenvalue weighted by Gasteiger charge is 2.49. The normalized spacial score (nSPS) is 21.0. The van der Waals surface area contributed by atoms with Crippen LogP contribution in [0.2, 0.25) is 0 Å². The number of imide groups is 1. The van der Waals surface area contributed by atoms with E-state index in [-0.39, 0.29) is 120 Å². The Morgan fingerprint density at radius 1 is 0.816 bits per heavy atom. The van der Waals surface area contributed by atoms with Crippen molar-refractivity contribution in [1.82, 2.24) is 34.3 Å². The number of aliphatic carboxylic acids is 1. The van der Waals surface area contributed by atoms with Crippen molar-refractivity contribution in [3.8, 4) is 51.3 Å². The third-order valence-electron chi connectivity index (χ3n) is 14.9. The van der Waals surface area contributed by atoms with Crippen LogP contribution in [0.25, 0.3) is 33.4 Å². The zero-order chi connectivity index (χ0) is 61.5. The number of carboxylic acids is 1. The Hall–Kier alpha value is -8.92. The number of cyclic esters (lactones) is 1. The molecule has 8 heterocycles. The van der Waals surface area contributed by atoms with Gasteiger partial charge in [0.15, 0.2) is 34.7 Å². The van der Waals surface area contributed by atoms with Gasteiger partial charge >= 0.3 is 22.3 Å². The number of carbonyl (C=O) groups is 5. The average Bonchev–Trinajstić information content (AvgIpc) is 1.88. The van der Waals surface area contributed by atoms with E-state index in [1.54, 1.807) is 31.3 Å². The van der Waals surface area contributed by atoms with Gasteiger partial charge in [-0.15, -0.1) is 13.5 Å². The summed E-state index contributed by atoms with van der Waals surface area (Å²) in [5.74, 6) is -4.78. The first kappa shape index (κ1) is 59.8. The number of aliphatic hydroxyl groups is 4. The van der Waals surface area contributed by atoms with E-state index in [0.29, 0.717) is 56.2 Å². The quantitative estimate of drug-likeness (QED) is 0.0308. The highest BCUT2D eigenvalue weighted by atomic mass is 32.3. The van der Waals surface area contributed by atoms with E-state index in [2.05, 4.69) is 10.3 Å². The monoisotopic (exact) mass is 1230 g/mol. The molecule has 5 aliphatic rings. The summed E-state index contributed by atoms with van der Waals surface area (Å²) < 4.78 is 86.0. The number of aliphatic hydroxyl groups excluding tert-OH is 3. The number of amides is 3. The van der Waals surface area contributed by atoms with Gasteiger partial charge in [0, 0.05) is 53.9 Å². The fraction of sp³-hybridized carbons (Fsp3) is 0.375. The number of pyridine rings is 2. The van der Waals surface area contributed by atoms with E-state index >= 15 is 0 Å². The lowest BCUT2D eigenvalue weighted by molar-refractivity contribution is -0.271. The maximum absolute atomic E-state index is 14.1. The molecule has 30 nitrogen and oxygen atoms in total. The Bertz CT molecular complexity index is 3910. The SMILES string of the molecule is CC[C@@]1(O)C(=O)OCc2c1cc1n(c2=O)Cc2c-1nc1cc3c(cc1c2-c1ccc(OS(=O)(=O)Oc2cc(C(=O)N(C)CCOCCn4cc(COCCOCCN5C(=O)C=CC5=O)nn4)ccc2OC2O[C@H](C(=O)O)[C@@H](O)[C@H](O)[C@H]2O)cc1)OCO3. The number of carboxylic acid groups (broad SMARTS) is 1. The molecule has 0 radical (unpaired) electrons. The molecular formula is C56H55N7O23S. The molecule has 0 saturated carbocycles. The summed E-state index contributed by atoms with van der Waals surface area (Å²) in [6, 6.07) is 13.9. The first-order valence-corrected chi connectivity index (χ1v) is 28.4. The van der Waals surface area contributed by atoms with E-state index in [0.717, 1.165) is 17.0 Å². The molecule has 1 fully saturated rings. The topological polar surface area (TPSA) is 385 Å². The number of carbonyl (C=O) groups excluding carboxylic acids is 4. The summed E-state index contributed by atoms with van der Waals surface area (Å²) >= 11 is 0. The Labute approximate surface area is 492 Å². The third-order valence-corrected chi connectivity index (χ3v) is 15.7. The van der Waals surface area contributed by atoms with E-state index in [1.807, 2.05) is 0 Å². The molecule has 1 unspecified atom stereocenters. The second-order valence-corrected chi connectivity index (χ2v) is 21.5. The first-order valence-electron chi connectivity index (χ1n) is 27.0. The minimum Gasteiger partial charge on any atom is -0.479 e. The minimum absolute atomic E-state index is 0.000798. The van der Waals surface area contributed by atoms with Gasteiger partial charge in [-0.05, 0) is 60.0 Å². The molecule has 3 aromatic heterocycles. The van der Waals surface area contributed by atoms with E-state index in [9.17, 15) is 62.7 Å². The number of aromatic nitrogens is 5. The van der Waals surface area contributed by atoms with Crippen LogP contribution in [0.5, 0.6) is 28.7 Å². The number of hydrogen-bond acceptors (Lipinski definition) is 25. The van der Waals surface area contributed by atoms with Gasteiger partial charge in [-0.3, -0.25) is 24.1 Å². The number of fused-ring (bicyclic) bond motifs is 6. The maximum Gasteiger partial charge on any atom is 0.501 e. The van der Waals surface area contributed by atoms with Gasteiger partial charge in [-0.1, -0.05) is 24.3 Å². The van der Waals surface area contributed by atoms with E-state index in [1.165, 1.54) is 63.7 Å². The Balaban J connectivity index is 0.769. The van der Waals surface area contributed by atoms with Crippen molar-refractivity contribution >= 4 is 51.0 Å². The molecule has 0 aliphatic carbocycles. The molecule has 11 rings (SSSR count). The Morgan fingerprint density at radius 2 is 1.54 bits per heavy atom. The fourth-order valence-electron chi connectivity index (χ4n) is 10.3. The van der Waals surface area contributed by atoms with Crippen LogP contribution in [-0.4, -0.2) is 189 Å². The van der Waals surface area contributed by atoms with Crippen LogP contribution in [0.4, 0.5) is 0 Å². The van der Waals surface area contributed by atoms with Crippen LogP contribution in [0, 0.1) is 0 Å². The molecule has 0 spiro atoms. The number of esters is 1. The zero-order valence-electron chi connectivity index (χ0n) is 46.2. The molecule has 87 heavy (non-hydrogen) atoms. The van der Waals surface area contributed by atoms with Gasteiger partial charge in [0.05, 0.1) is 87.9 Å². The molecular weight excluding hydrogens is 1170 g/mol. The van der Waals surface area contributed by atoms with Crippen LogP contribution in [0.15, 0.2) is 83.8 Å². The predicted octanol–water partition coefficient (Wildman–Crippen LogP) is 0.287. The van der Waals surface area contributed by atoms with Gasteiger partial charge < -0.3 is 81.3 Å². The third kappa shape index (κ3) is 12.0. The molecule has 0 bridgehead atoms. The number of benzene rings is 3. The van der Waals surface area contributed by atoms with Crippen LogP contribution in [-0.2, 0) is 85.2 Å². The van der Waals surface area contributed by atoms with Crippen molar-refractivity contribution in [1.29, 1.82) is 0 Å². The van der Waals surface area contributed by atoms with Crippen molar-refractivity contribution in [2.75, 3.05) is 60.0 Å². The van der Waals surface area contributed by atoms with Gasteiger partial charge in [-0.25, -0.2) is 19.3 Å². The number of likely N-dealkylation sites (N-methyl/N-ethyl adjacent to an activating group) is 1. The van der Waals surface area contributed by atoms with Crippen LogP contribution >= 0.6 is 0 Å². The Kier molecular flexibility index (Phi) is 16.8. The Morgan fingerprint density at radius 3 is 2.29 bits per heavy atom. The van der Waals surface area contributed by atoms with Crippen LogP contribution in [0.1, 0.15) is 46.1 Å². The standard InChI is InChI=1S/C56H55N7O23S/c1-3-56(74)36-22-38-46-34(25-63(38)52(70)35(36)27-80-55(56)73)45(33-21-40-41(82-28-81-40)23-37(33)57-46)29-4-7-32(8-5-29)85-87(75,76)86-42-20-30(6-9-39(42)83-54-49(68)47(66)48(67)50(84-54)53(71)72)51(69)60(2)12-15-77-16-13-61-24-31(58-59-61)26-79-19-18-78-17-14-62-43(64)10-11-44(62)65/h4-11,20-24,47-50,54,66-68,74H,3,12-19,25-28H2,1-2H3,(H,71,72)/t47-,48-,49+,50-,54?,56-/m0/s1. The zero-order valence-corrected chi connectivity index (χ0v) is 47.0. The molecule has 1 saturated heterocycles. The van der Waals surface area contributed by atoms with Crippen molar-refractivity contribution in [3.63, 3.8) is 0 Å². The molecule has 3 aromatic carbocycles. The van der Waals surface area contributed by atoms with E-state index < -0.39 is 81.6 Å². The summed E-state index contributed by atoms with van der Waals surface area (Å²) in [5, 5.41) is 61.4. The highest BCUT2D eigenvalue weighted by Crippen LogP contribution is 2.47. The lowest BCUT2D eigenvalue weighted by Crippen LogP contribution is -2.61. The molecule has 6 atom stereocenters. The number of ether oxygens (including phenoxy) is 8. The first-order chi connectivity index (χ1) is 41.7. The number of nitrogens with zero attached hydrogens (tertiary/aromatic N) is 7. The van der Waals surface area contributed by atoms with Gasteiger partial charge in [0.25, 0.3) is 23.3 Å². The molecule has 5 aliphatic heterocycles. The second-order valence-electron chi connectivity index (χ2n) is 20.4. The lowest BCUT2D eigenvalue weighted by atomic mass is 9.86. The maximum atomic E-state index is 14.1. The molecule has 458 valence electrons. The largest absolute Gasteiger partial charge is 0.501 e. The van der Waals surface area contributed by atoms with Crippen LogP contribution < -0.4 is 28.1 Å². The van der Waals surface area contributed by atoms with Crippen molar-refractivity contribution in [2.24, 2.45) is 0 Å². The lowest BCUT2D eigenvalue weighted by Gasteiger charge is -2.38.